The summed E-state index contributed by atoms with van der Waals surface area (Å²) in [5.74, 6) is -0.0596. The summed E-state index contributed by atoms with van der Waals surface area (Å²) in [5, 5.41) is 11.7. The zero-order chi connectivity index (χ0) is 13.4. The molecule has 4 heteroatoms. The lowest BCUT2D eigenvalue weighted by Crippen LogP contribution is -2.27. The van der Waals surface area contributed by atoms with Crippen molar-refractivity contribution in [2.24, 2.45) is 0 Å². The molecule has 0 spiro atoms. The summed E-state index contributed by atoms with van der Waals surface area (Å²) in [7, 11) is 0. The maximum absolute atomic E-state index is 10.9. The van der Waals surface area contributed by atoms with Gasteiger partial charge in [-0.3, -0.25) is 9.69 Å². The summed E-state index contributed by atoms with van der Waals surface area (Å²) < 4.78 is 0. The molecule has 0 heterocycles. The Labute approximate surface area is 109 Å². The third-order valence-electron chi connectivity index (χ3n) is 2.64. The maximum atomic E-state index is 10.9. The zero-order valence-electron chi connectivity index (χ0n) is 11.1. The Bertz CT molecular complexity index is 357. The highest BCUT2D eigenvalue weighted by atomic mass is 16.3. The van der Waals surface area contributed by atoms with Gasteiger partial charge in [0.05, 0.1) is 6.61 Å². The molecule has 0 atom stereocenters. The molecule has 0 unspecified atom stereocenters. The van der Waals surface area contributed by atoms with Crippen LogP contribution >= 0.6 is 0 Å². The van der Waals surface area contributed by atoms with E-state index in [0.717, 1.165) is 25.2 Å². The van der Waals surface area contributed by atoms with E-state index in [2.05, 4.69) is 17.1 Å². The van der Waals surface area contributed by atoms with E-state index in [4.69, 9.17) is 5.11 Å². The van der Waals surface area contributed by atoms with Gasteiger partial charge in [-0.1, -0.05) is 19.1 Å². The normalized spacial score (nSPS) is 10.7. The van der Waals surface area contributed by atoms with Crippen LogP contribution < -0.4 is 5.32 Å². The molecule has 1 aromatic carbocycles. The van der Waals surface area contributed by atoms with Crippen molar-refractivity contribution < 1.29 is 9.90 Å². The van der Waals surface area contributed by atoms with Crippen LogP contribution in [-0.4, -0.2) is 35.6 Å². The van der Waals surface area contributed by atoms with E-state index < -0.39 is 0 Å². The van der Waals surface area contributed by atoms with Crippen molar-refractivity contribution in [2.45, 2.75) is 26.8 Å². The van der Waals surface area contributed by atoms with E-state index in [1.807, 2.05) is 24.3 Å². The van der Waals surface area contributed by atoms with Crippen molar-refractivity contribution in [1.29, 1.82) is 0 Å². The fourth-order valence-corrected chi connectivity index (χ4v) is 1.88. The Kier molecular flexibility index (Phi) is 6.39. The molecule has 1 amide bonds. The SMILES string of the molecule is CCCN(CCO)Cc1ccc(NC(C)=O)cc1. The number of hydrogen-bond acceptors (Lipinski definition) is 3. The molecule has 2 N–H and O–H groups in total. The molecule has 0 radical (unpaired) electrons. The van der Waals surface area contributed by atoms with Crippen LogP contribution in [0.1, 0.15) is 25.8 Å². The molecule has 1 aromatic rings. The summed E-state index contributed by atoms with van der Waals surface area (Å²) in [4.78, 5) is 13.1. The zero-order valence-corrected chi connectivity index (χ0v) is 11.1. The van der Waals surface area contributed by atoms with Gasteiger partial charge in [-0.05, 0) is 30.7 Å². The maximum Gasteiger partial charge on any atom is 0.221 e. The number of aliphatic hydroxyl groups is 1. The van der Waals surface area contributed by atoms with Crippen LogP contribution in [0.4, 0.5) is 5.69 Å². The van der Waals surface area contributed by atoms with Gasteiger partial charge in [0, 0.05) is 25.7 Å². The predicted octanol–water partition coefficient (Wildman–Crippen LogP) is 1.85. The van der Waals surface area contributed by atoms with E-state index in [1.165, 1.54) is 12.5 Å². The average Bonchev–Trinajstić information content (AvgIpc) is 2.31. The second-order valence-electron chi connectivity index (χ2n) is 4.38. The van der Waals surface area contributed by atoms with Gasteiger partial charge in [0.15, 0.2) is 0 Å². The van der Waals surface area contributed by atoms with Crippen LogP contribution in [0.25, 0.3) is 0 Å². The molecule has 0 bridgehead atoms. The number of nitrogens with one attached hydrogen (secondary N) is 1. The summed E-state index contributed by atoms with van der Waals surface area (Å²) in [6.07, 6.45) is 1.07. The molecule has 0 aliphatic rings. The average molecular weight is 250 g/mol. The molecule has 0 aliphatic carbocycles. The van der Waals surface area contributed by atoms with E-state index in [9.17, 15) is 4.79 Å². The molecule has 100 valence electrons. The summed E-state index contributed by atoms with van der Waals surface area (Å²) in [5.41, 5.74) is 2.00. The number of hydrogen-bond donors (Lipinski definition) is 2. The van der Waals surface area contributed by atoms with Crippen LogP contribution in [-0.2, 0) is 11.3 Å². The van der Waals surface area contributed by atoms with Gasteiger partial charge >= 0.3 is 0 Å². The number of nitrogens with zero attached hydrogens (tertiary/aromatic N) is 1. The van der Waals surface area contributed by atoms with Crippen molar-refractivity contribution in [1.82, 2.24) is 4.90 Å². The third-order valence-corrected chi connectivity index (χ3v) is 2.64. The van der Waals surface area contributed by atoms with Crippen molar-refractivity contribution in [3.8, 4) is 0 Å². The van der Waals surface area contributed by atoms with E-state index in [-0.39, 0.29) is 12.5 Å². The number of carbonyl (C=O) groups excluding carboxylic acids is 1. The fraction of sp³-hybridized carbons (Fsp3) is 0.500. The number of amides is 1. The molecular formula is C14H22N2O2. The number of carbonyl (C=O) groups is 1. The van der Waals surface area contributed by atoms with Crippen LogP contribution in [0, 0.1) is 0 Å². The van der Waals surface area contributed by atoms with Gasteiger partial charge in [0.25, 0.3) is 0 Å². The lowest BCUT2D eigenvalue weighted by molar-refractivity contribution is -0.114. The minimum Gasteiger partial charge on any atom is -0.395 e. The number of benzene rings is 1. The molecule has 4 nitrogen and oxygen atoms in total. The van der Waals surface area contributed by atoms with Gasteiger partial charge < -0.3 is 10.4 Å². The molecule has 0 saturated heterocycles. The summed E-state index contributed by atoms with van der Waals surface area (Å²) in [6.45, 7) is 6.32. The number of aliphatic hydroxyl groups excluding tert-OH is 1. The lowest BCUT2D eigenvalue weighted by Gasteiger charge is -2.20. The van der Waals surface area contributed by atoms with Gasteiger partial charge in [0.1, 0.15) is 0 Å². The highest BCUT2D eigenvalue weighted by Crippen LogP contribution is 2.11. The van der Waals surface area contributed by atoms with Crippen LogP contribution in [0.5, 0.6) is 0 Å². The Morgan fingerprint density at radius 2 is 1.94 bits per heavy atom. The molecule has 0 aromatic heterocycles. The van der Waals surface area contributed by atoms with Crippen molar-refractivity contribution in [2.75, 3.05) is 25.0 Å². The minimum atomic E-state index is -0.0596. The second-order valence-corrected chi connectivity index (χ2v) is 4.38. The first-order chi connectivity index (χ1) is 8.65. The van der Waals surface area contributed by atoms with Crippen molar-refractivity contribution >= 4 is 11.6 Å². The highest BCUT2D eigenvalue weighted by molar-refractivity contribution is 5.88. The van der Waals surface area contributed by atoms with Crippen molar-refractivity contribution in [3.05, 3.63) is 29.8 Å². The van der Waals surface area contributed by atoms with Crippen LogP contribution in [0.2, 0.25) is 0 Å². The topological polar surface area (TPSA) is 52.6 Å². The third kappa shape index (κ3) is 5.29. The quantitative estimate of drug-likeness (QED) is 0.776. The molecule has 0 fully saturated rings. The monoisotopic (exact) mass is 250 g/mol. The van der Waals surface area contributed by atoms with E-state index >= 15 is 0 Å². The van der Waals surface area contributed by atoms with Gasteiger partial charge in [0.2, 0.25) is 5.91 Å². The first-order valence-electron chi connectivity index (χ1n) is 6.35. The Morgan fingerprint density at radius 3 is 2.44 bits per heavy atom. The largest absolute Gasteiger partial charge is 0.395 e. The summed E-state index contributed by atoms with van der Waals surface area (Å²) >= 11 is 0. The Hall–Kier alpha value is -1.39. The fourth-order valence-electron chi connectivity index (χ4n) is 1.88. The number of anilines is 1. The van der Waals surface area contributed by atoms with E-state index in [0.29, 0.717) is 6.54 Å². The Balaban J connectivity index is 2.58. The first kappa shape index (κ1) is 14.7. The smallest absolute Gasteiger partial charge is 0.221 e. The standard InChI is InChI=1S/C14H22N2O2/c1-3-8-16(9-10-17)11-13-4-6-14(7-5-13)15-12(2)18/h4-7,17H,3,8-11H2,1-2H3,(H,15,18). The molecular weight excluding hydrogens is 228 g/mol. The molecule has 0 saturated carbocycles. The van der Waals surface area contributed by atoms with Crippen LogP contribution in [0.15, 0.2) is 24.3 Å². The van der Waals surface area contributed by atoms with Gasteiger partial charge in [-0.15, -0.1) is 0 Å². The minimum absolute atomic E-state index is 0.0596. The second kappa shape index (κ2) is 7.84. The molecule has 0 aliphatic heterocycles. The van der Waals surface area contributed by atoms with Crippen LogP contribution in [0.3, 0.4) is 0 Å². The van der Waals surface area contributed by atoms with Gasteiger partial charge in [-0.2, -0.15) is 0 Å². The Morgan fingerprint density at radius 1 is 1.28 bits per heavy atom. The first-order valence-corrected chi connectivity index (χ1v) is 6.35. The highest BCUT2D eigenvalue weighted by Gasteiger charge is 2.04. The van der Waals surface area contributed by atoms with Crippen molar-refractivity contribution in [3.63, 3.8) is 0 Å². The molecule has 18 heavy (non-hydrogen) atoms. The molecule has 1 rings (SSSR count). The number of rotatable bonds is 7. The van der Waals surface area contributed by atoms with Gasteiger partial charge in [-0.25, -0.2) is 0 Å². The lowest BCUT2D eigenvalue weighted by atomic mass is 10.2. The van der Waals surface area contributed by atoms with E-state index in [1.54, 1.807) is 0 Å². The predicted molar refractivity (Wildman–Crippen MR) is 73.4 cm³/mol. The summed E-state index contributed by atoms with van der Waals surface area (Å²) in [6, 6.07) is 7.82.